The Balaban J connectivity index is 0.991. The van der Waals surface area contributed by atoms with Crippen LogP contribution in [0.4, 0.5) is 0 Å². The summed E-state index contributed by atoms with van der Waals surface area (Å²) in [4.78, 5) is 21.9. The summed E-state index contributed by atoms with van der Waals surface area (Å²) >= 11 is 1.72. The first-order valence-corrected chi connectivity index (χ1v) is 19.9. The molecule has 0 radical (unpaired) electrons. The summed E-state index contributed by atoms with van der Waals surface area (Å²) in [5.74, 6) is 1.42. The molecule has 11 rings (SSSR count). The quantitative estimate of drug-likeness (QED) is 0.159. The van der Waals surface area contributed by atoms with Gasteiger partial charge in [-0.2, -0.15) is 0 Å². The summed E-state index contributed by atoms with van der Waals surface area (Å²) in [6.07, 6.45) is 0. The molecule has 0 bridgehead atoms. The molecule has 0 aliphatic rings. The summed E-state index contributed by atoms with van der Waals surface area (Å²) in [5, 5.41) is 5.62. The van der Waals surface area contributed by atoms with Gasteiger partial charge in [-0.15, -0.1) is 11.3 Å². The van der Waals surface area contributed by atoms with Gasteiger partial charge in [0.2, 0.25) is 0 Å². The summed E-state index contributed by atoms with van der Waals surface area (Å²) in [6.45, 7) is 0. The van der Waals surface area contributed by atoms with Crippen LogP contribution in [0, 0.1) is 0 Å². The lowest BCUT2D eigenvalue weighted by atomic mass is 9.96. The number of fused-ring (bicyclic) bond motifs is 6. The lowest BCUT2D eigenvalue weighted by Crippen LogP contribution is -1.96. The van der Waals surface area contributed by atoms with Gasteiger partial charge in [-0.1, -0.05) is 164 Å². The molecule has 0 aliphatic carbocycles. The van der Waals surface area contributed by atoms with E-state index in [1.165, 1.54) is 10.1 Å². The van der Waals surface area contributed by atoms with E-state index in [1.807, 2.05) is 12.1 Å². The second-order valence-corrected chi connectivity index (χ2v) is 15.3. The van der Waals surface area contributed by atoms with Crippen LogP contribution in [0.25, 0.3) is 110 Å². The maximum Gasteiger partial charge on any atom is 0.161 e. The van der Waals surface area contributed by atoms with Crippen LogP contribution in [0.2, 0.25) is 0 Å². The van der Waals surface area contributed by atoms with Crippen LogP contribution in [-0.4, -0.2) is 19.9 Å². The van der Waals surface area contributed by atoms with Gasteiger partial charge >= 0.3 is 0 Å². The highest BCUT2D eigenvalue weighted by Crippen LogP contribution is 2.40. The minimum absolute atomic E-state index is 0.703. The van der Waals surface area contributed by atoms with E-state index < -0.39 is 0 Å². The molecule has 0 aliphatic heterocycles. The van der Waals surface area contributed by atoms with E-state index in [0.717, 1.165) is 93.6 Å². The SMILES string of the molecule is c1ccc(-c2nc(-c3cccc(-c4cccc(-c5cccc(-c6nc(-c7ccccc7)c7c(n6)sc6ccccc67)c5)c4)c3)nc3c2ccc2ccccc23)cc1. The van der Waals surface area contributed by atoms with Crippen molar-refractivity contribution in [3.8, 4) is 67.5 Å². The summed E-state index contributed by atoms with van der Waals surface area (Å²) in [5.41, 5.74) is 11.4. The maximum absolute atomic E-state index is 5.25. The Morgan fingerprint density at radius 3 is 1.47 bits per heavy atom. The minimum Gasteiger partial charge on any atom is -0.227 e. The van der Waals surface area contributed by atoms with Crippen LogP contribution < -0.4 is 0 Å². The molecular weight excluding hydrogens is 713 g/mol. The highest BCUT2D eigenvalue weighted by Gasteiger charge is 2.18. The average molecular weight is 745 g/mol. The van der Waals surface area contributed by atoms with Crippen molar-refractivity contribution < 1.29 is 0 Å². The number of thiophene rings is 1. The predicted molar refractivity (Wildman–Crippen MR) is 238 cm³/mol. The topological polar surface area (TPSA) is 51.6 Å². The van der Waals surface area contributed by atoms with Crippen molar-refractivity contribution in [1.29, 1.82) is 0 Å². The molecule has 8 aromatic carbocycles. The molecule has 0 fully saturated rings. The lowest BCUT2D eigenvalue weighted by molar-refractivity contribution is 1.23. The molecule has 0 amide bonds. The van der Waals surface area contributed by atoms with Crippen molar-refractivity contribution in [3.05, 3.63) is 194 Å². The Bertz CT molecular complexity index is 3300. The standard InChI is InChI=1S/C52H32N4S/c1-3-15-34(16-4-1)47-44-29-28-33-14-7-8-25-42(33)49(44)55-50(53-47)40-23-12-21-38(31-40)36-19-11-20-37(30-36)39-22-13-24-41(32-39)51-54-48(35-17-5-2-6-18-35)46-43-26-9-10-27-45(43)57-52(46)56-51/h1-32H. The van der Waals surface area contributed by atoms with Gasteiger partial charge in [-0.3, -0.25) is 0 Å². The molecule has 3 heterocycles. The van der Waals surface area contributed by atoms with Crippen molar-refractivity contribution in [2.24, 2.45) is 0 Å². The van der Waals surface area contributed by atoms with Gasteiger partial charge in [-0.05, 0) is 58.0 Å². The van der Waals surface area contributed by atoms with Crippen LogP contribution in [0.15, 0.2) is 194 Å². The van der Waals surface area contributed by atoms with Crippen LogP contribution in [0.1, 0.15) is 0 Å². The molecule has 0 spiro atoms. The van der Waals surface area contributed by atoms with Gasteiger partial charge in [0.25, 0.3) is 0 Å². The molecule has 0 unspecified atom stereocenters. The Kier molecular flexibility index (Phi) is 7.97. The number of aromatic nitrogens is 4. The summed E-state index contributed by atoms with van der Waals surface area (Å²) in [7, 11) is 0. The average Bonchev–Trinajstić information content (AvgIpc) is 3.68. The second-order valence-electron chi connectivity index (χ2n) is 14.2. The largest absolute Gasteiger partial charge is 0.227 e. The fraction of sp³-hybridized carbons (Fsp3) is 0. The first-order chi connectivity index (χ1) is 28.2. The van der Waals surface area contributed by atoms with Gasteiger partial charge in [0.05, 0.1) is 16.9 Å². The van der Waals surface area contributed by atoms with Gasteiger partial charge < -0.3 is 0 Å². The van der Waals surface area contributed by atoms with Crippen molar-refractivity contribution in [2.75, 3.05) is 0 Å². The van der Waals surface area contributed by atoms with E-state index in [2.05, 4.69) is 182 Å². The van der Waals surface area contributed by atoms with Gasteiger partial charge in [-0.25, -0.2) is 19.9 Å². The van der Waals surface area contributed by atoms with E-state index in [-0.39, 0.29) is 0 Å². The zero-order chi connectivity index (χ0) is 37.7. The molecular formula is C52H32N4S. The predicted octanol–water partition coefficient (Wildman–Crippen LogP) is 13.9. The number of benzene rings is 8. The van der Waals surface area contributed by atoms with Crippen molar-refractivity contribution >= 4 is 53.3 Å². The molecule has 0 saturated carbocycles. The highest BCUT2D eigenvalue weighted by molar-refractivity contribution is 7.25. The Morgan fingerprint density at radius 2 is 0.807 bits per heavy atom. The third-order valence-electron chi connectivity index (χ3n) is 10.7. The molecule has 4 nitrogen and oxygen atoms in total. The zero-order valence-electron chi connectivity index (χ0n) is 30.7. The van der Waals surface area contributed by atoms with Crippen LogP contribution >= 0.6 is 11.3 Å². The van der Waals surface area contributed by atoms with E-state index in [0.29, 0.717) is 5.82 Å². The first-order valence-electron chi connectivity index (χ1n) is 19.0. The summed E-state index contributed by atoms with van der Waals surface area (Å²) in [6, 6.07) is 68.0. The molecule has 11 aromatic rings. The number of rotatable bonds is 6. The van der Waals surface area contributed by atoms with E-state index in [4.69, 9.17) is 19.9 Å². The smallest absolute Gasteiger partial charge is 0.161 e. The Hall–Kier alpha value is -7.34. The van der Waals surface area contributed by atoms with Crippen molar-refractivity contribution in [1.82, 2.24) is 19.9 Å². The number of nitrogens with zero attached hydrogens (tertiary/aromatic N) is 4. The molecule has 0 saturated heterocycles. The Morgan fingerprint density at radius 1 is 0.316 bits per heavy atom. The normalized spacial score (nSPS) is 11.5. The van der Waals surface area contributed by atoms with Crippen molar-refractivity contribution in [3.63, 3.8) is 0 Å². The molecule has 57 heavy (non-hydrogen) atoms. The molecule has 0 atom stereocenters. The van der Waals surface area contributed by atoms with Gasteiger partial charge in [0, 0.05) is 48.5 Å². The third-order valence-corrected chi connectivity index (χ3v) is 11.8. The zero-order valence-corrected chi connectivity index (χ0v) is 31.5. The molecule has 266 valence electrons. The Labute approximate surface area is 333 Å². The van der Waals surface area contributed by atoms with E-state index >= 15 is 0 Å². The van der Waals surface area contributed by atoms with E-state index in [9.17, 15) is 0 Å². The third kappa shape index (κ3) is 5.93. The van der Waals surface area contributed by atoms with Crippen molar-refractivity contribution in [2.45, 2.75) is 0 Å². The van der Waals surface area contributed by atoms with Gasteiger partial charge in [0.1, 0.15) is 4.83 Å². The summed E-state index contributed by atoms with van der Waals surface area (Å²) < 4.78 is 1.21. The molecule has 5 heteroatoms. The number of hydrogen-bond donors (Lipinski definition) is 0. The molecule has 0 N–H and O–H groups in total. The maximum atomic E-state index is 5.25. The second kappa shape index (κ2) is 13.7. The van der Waals surface area contributed by atoms with E-state index in [1.54, 1.807) is 11.3 Å². The monoisotopic (exact) mass is 744 g/mol. The van der Waals surface area contributed by atoms with Gasteiger partial charge in [0.15, 0.2) is 11.6 Å². The lowest BCUT2D eigenvalue weighted by Gasteiger charge is -2.12. The minimum atomic E-state index is 0.703. The van der Waals surface area contributed by atoms with Crippen LogP contribution in [-0.2, 0) is 0 Å². The van der Waals surface area contributed by atoms with Crippen LogP contribution in [0.3, 0.4) is 0 Å². The van der Waals surface area contributed by atoms with Crippen LogP contribution in [0.5, 0.6) is 0 Å². The first kappa shape index (κ1) is 33.0. The highest BCUT2D eigenvalue weighted by atomic mass is 32.1. The molecule has 3 aromatic heterocycles. The number of hydrogen-bond acceptors (Lipinski definition) is 5. The fourth-order valence-electron chi connectivity index (χ4n) is 7.92. The fourth-order valence-corrected chi connectivity index (χ4v) is 9.00.